The highest BCUT2D eigenvalue weighted by Gasteiger charge is 2.35. The Morgan fingerprint density at radius 1 is 1.07 bits per heavy atom. The van der Waals surface area contributed by atoms with Gasteiger partial charge >= 0.3 is 0 Å². The highest BCUT2D eigenvalue weighted by molar-refractivity contribution is 4.84. The maximum absolute atomic E-state index is 6.06. The van der Waals surface area contributed by atoms with Crippen LogP contribution in [0.5, 0.6) is 0 Å². The molecular formula is C12H25NO. The lowest BCUT2D eigenvalue weighted by molar-refractivity contribution is -0.138. The summed E-state index contributed by atoms with van der Waals surface area (Å²) < 4.78 is 6.06. The van der Waals surface area contributed by atoms with Crippen molar-refractivity contribution in [2.24, 2.45) is 0 Å². The van der Waals surface area contributed by atoms with Gasteiger partial charge in [0, 0.05) is 12.1 Å². The zero-order chi connectivity index (χ0) is 11.0. The molecule has 2 heteroatoms. The molecule has 0 saturated carbocycles. The quantitative estimate of drug-likeness (QED) is 0.643. The molecule has 0 radical (unpaired) electrons. The van der Waals surface area contributed by atoms with Gasteiger partial charge in [-0.3, -0.25) is 4.90 Å². The zero-order valence-corrected chi connectivity index (χ0v) is 10.6. The van der Waals surface area contributed by atoms with Gasteiger partial charge in [-0.15, -0.1) is 0 Å². The number of nitrogens with zero attached hydrogens (tertiary/aromatic N) is 1. The predicted octanol–water partition coefficient (Wildman–Crippen LogP) is 3.02. The third-order valence-corrected chi connectivity index (χ3v) is 2.55. The van der Waals surface area contributed by atoms with Crippen molar-refractivity contribution in [1.82, 2.24) is 4.90 Å². The number of ether oxygens (including phenoxy) is 1. The average Bonchev–Trinajstić information content (AvgIpc) is 2.29. The van der Waals surface area contributed by atoms with E-state index in [4.69, 9.17) is 4.74 Å². The molecule has 2 nitrogen and oxygen atoms in total. The average molecular weight is 199 g/mol. The highest BCUT2D eigenvalue weighted by Crippen LogP contribution is 2.29. The lowest BCUT2D eigenvalue weighted by Gasteiger charge is -2.39. The molecule has 1 saturated heterocycles. The first-order valence-corrected chi connectivity index (χ1v) is 5.65. The summed E-state index contributed by atoms with van der Waals surface area (Å²) in [5.41, 5.74) is 0.199. The second-order valence-electron chi connectivity index (χ2n) is 6.19. The first kappa shape index (κ1) is 12.0. The minimum absolute atomic E-state index is 0.0293. The van der Waals surface area contributed by atoms with Gasteiger partial charge in [-0.1, -0.05) is 0 Å². The summed E-state index contributed by atoms with van der Waals surface area (Å²) in [4.78, 5) is 2.47. The van der Waals surface area contributed by atoms with Gasteiger partial charge in [-0.2, -0.15) is 0 Å². The summed E-state index contributed by atoms with van der Waals surface area (Å²) in [5, 5.41) is 0. The SMILES string of the molecule is CC(C)(C)O[C@@H]1CCCN1C(C)(C)C. The largest absolute Gasteiger partial charge is 0.358 e. The summed E-state index contributed by atoms with van der Waals surface area (Å²) >= 11 is 0. The zero-order valence-electron chi connectivity index (χ0n) is 10.6. The van der Waals surface area contributed by atoms with Crippen LogP contribution in [0.3, 0.4) is 0 Å². The van der Waals surface area contributed by atoms with Crippen molar-refractivity contribution >= 4 is 0 Å². The summed E-state index contributed by atoms with van der Waals surface area (Å²) in [6.45, 7) is 14.3. The molecule has 0 spiro atoms. The van der Waals surface area contributed by atoms with Crippen molar-refractivity contribution < 1.29 is 4.74 Å². The Morgan fingerprint density at radius 3 is 2.07 bits per heavy atom. The van der Waals surface area contributed by atoms with E-state index >= 15 is 0 Å². The van der Waals surface area contributed by atoms with Gasteiger partial charge in [0.15, 0.2) is 0 Å². The minimum Gasteiger partial charge on any atom is -0.358 e. The molecule has 0 aromatic heterocycles. The summed E-state index contributed by atoms with van der Waals surface area (Å²) in [5.74, 6) is 0. The second-order valence-corrected chi connectivity index (χ2v) is 6.19. The Hall–Kier alpha value is -0.0800. The molecule has 0 bridgehead atoms. The normalized spacial score (nSPS) is 25.7. The number of likely N-dealkylation sites (tertiary alicyclic amines) is 1. The number of hydrogen-bond acceptors (Lipinski definition) is 2. The first-order valence-electron chi connectivity index (χ1n) is 5.65. The van der Waals surface area contributed by atoms with E-state index in [0.29, 0.717) is 6.23 Å². The Labute approximate surface area is 88.6 Å². The van der Waals surface area contributed by atoms with Gasteiger partial charge in [-0.25, -0.2) is 0 Å². The molecule has 1 rings (SSSR count). The van der Waals surface area contributed by atoms with Crippen molar-refractivity contribution in [1.29, 1.82) is 0 Å². The van der Waals surface area contributed by atoms with Crippen LogP contribution in [-0.2, 0) is 4.74 Å². The van der Waals surface area contributed by atoms with Crippen molar-refractivity contribution in [3.63, 3.8) is 0 Å². The predicted molar refractivity (Wildman–Crippen MR) is 60.3 cm³/mol. The topological polar surface area (TPSA) is 12.5 Å². The van der Waals surface area contributed by atoms with Crippen molar-refractivity contribution in [3.05, 3.63) is 0 Å². The Bertz CT molecular complexity index is 187. The van der Waals surface area contributed by atoms with Crippen LogP contribution in [0.4, 0.5) is 0 Å². The molecule has 0 amide bonds. The van der Waals surface area contributed by atoms with Gasteiger partial charge in [0.2, 0.25) is 0 Å². The monoisotopic (exact) mass is 199 g/mol. The third-order valence-electron chi connectivity index (χ3n) is 2.55. The summed E-state index contributed by atoms with van der Waals surface area (Å²) in [6.07, 6.45) is 2.75. The Morgan fingerprint density at radius 2 is 1.64 bits per heavy atom. The van der Waals surface area contributed by atoms with E-state index in [1.165, 1.54) is 19.4 Å². The molecule has 1 aliphatic rings. The Kier molecular flexibility index (Phi) is 3.27. The standard InChI is InChI=1S/C12H25NO/c1-11(2,3)13-9-7-8-10(13)14-12(4,5)6/h10H,7-9H2,1-6H3/t10-/m1/s1. The van der Waals surface area contributed by atoms with E-state index in [2.05, 4.69) is 46.4 Å². The van der Waals surface area contributed by atoms with Crippen LogP contribution in [0, 0.1) is 0 Å². The molecule has 1 aliphatic heterocycles. The van der Waals surface area contributed by atoms with Crippen LogP contribution in [0.2, 0.25) is 0 Å². The molecule has 14 heavy (non-hydrogen) atoms. The molecule has 0 aromatic carbocycles. The van der Waals surface area contributed by atoms with Crippen molar-refractivity contribution in [2.45, 2.75) is 71.8 Å². The van der Waals surface area contributed by atoms with Gasteiger partial charge < -0.3 is 4.74 Å². The number of hydrogen-bond donors (Lipinski definition) is 0. The Balaban J connectivity index is 2.61. The fourth-order valence-electron chi connectivity index (χ4n) is 2.03. The van der Waals surface area contributed by atoms with E-state index < -0.39 is 0 Å². The van der Waals surface area contributed by atoms with E-state index in [1.807, 2.05) is 0 Å². The molecular weight excluding hydrogens is 174 g/mol. The lowest BCUT2D eigenvalue weighted by Crippen LogP contribution is -2.47. The van der Waals surface area contributed by atoms with Crippen molar-refractivity contribution in [2.75, 3.05) is 6.54 Å². The van der Waals surface area contributed by atoms with Crippen LogP contribution < -0.4 is 0 Å². The molecule has 1 heterocycles. The fourth-order valence-corrected chi connectivity index (χ4v) is 2.03. The minimum atomic E-state index is -0.0293. The first-order chi connectivity index (χ1) is 6.20. The number of rotatable bonds is 1. The van der Waals surface area contributed by atoms with E-state index in [1.54, 1.807) is 0 Å². The highest BCUT2D eigenvalue weighted by atomic mass is 16.5. The van der Waals surface area contributed by atoms with Gasteiger partial charge in [0.05, 0.1) is 5.60 Å². The summed E-state index contributed by atoms with van der Waals surface area (Å²) in [7, 11) is 0. The van der Waals surface area contributed by atoms with Crippen LogP contribution in [0.25, 0.3) is 0 Å². The molecule has 84 valence electrons. The van der Waals surface area contributed by atoms with Crippen LogP contribution in [-0.4, -0.2) is 28.8 Å². The van der Waals surface area contributed by atoms with Crippen LogP contribution >= 0.6 is 0 Å². The van der Waals surface area contributed by atoms with Crippen molar-refractivity contribution in [3.8, 4) is 0 Å². The summed E-state index contributed by atoms with van der Waals surface area (Å²) in [6, 6.07) is 0. The van der Waals surface area contributed by atoms with E-state index in [0.717, 1.165) is 0 Å². The maximum atomic E-state index is 6.06. The van der Waals surface area contributed by atoms with E-state index in [-0.39, 0.29) is 11.1 Å². The smallest absolute Gasteiger partial charge is 0.111 e. The maximum Gasteiger partial charge on any atom is 0.111 e. The third kappa shape index (κ3) is 3.25. The molecule has 0 N–H and O–H groups in total. The molecule has 1 fully saturated rings. The lowest BCUT2D eigenvalue weighted by atomic mass is 10.1. The molecule has 0 aliphatic carbocycles. The van der Waals surface area contributed by atoms with Gasteiger partial charge in [0.25, 0.3) is 0 Å². The van der Waals surface area contributed by atoms with Crippen LogP contribution in [0.1, 0.15) is 54.4 Å². The fraction of sp³-hybridized carbons (Fsp3) is 1.00. The van der Waals surface area contributed by atoms with Gasteiger partial charge in [-0.05, 0) is 54.4 Å². The molecule has 0 aromatic rings. The molecule has 0 unspecified atom stereocenters. The molecule has 1 atom stereocenters. The van der Waals surface area contributed by atoms with E-state index in [9.17, 15) is 0 Å². The van der Waals surface area contributed by atoms with Crippen LogP contribution in [0.15, 0.2) is 0 Å². The van der Waals surface area contributed by atoms with Gasteiger partial charge in [0.1, 0.15) is 6.23 Å². The second kappa shape index (κ2) is 3.82.